The Morgan fingerprint density at radius 3 is 2.55 bits per heavy atom. The molecule has 0 aliphatic heterocycles. The fourth-order valence-corrected chi connectivity index (χ4v) is 2.55. The molecule has 0 saturated heterocycles. The van der Waals surface area contributed by atoms with Crippen LogP contribution in [-0.2, 0) is 11.2 Å². The van der Waals surface area contributed by atoms with Crippen LogP contribution in [0.4, 0.5) is 0 Å². The average molecular weight is 276 g/mol. The van der Waals surface area contributed by atoms with Crippen LogP contribution in [0.1, 0.15) is 24.8 Å². The summed E-state index contributed by atoms with van der Waals surface area (Å²) >= 11 is 0. The molecule has 1 fully saturated rings. The van der Waals surface area contributed by atoms with Gasteiger partial charge in [0.15, 0.2) is 0 Å². The third-order valence-corrected chi connectivity index (χ3v) is 4.09. The van der Waals surface area contributed by atoms with Crippen LogP contribution in [0.2, 0.25) is 0 Å². The van der Waals surface area contributed by atoms with Crippen molar-refractivity contribution in [1.82, 2.24) is 4.90 Å². The van der Waals surface area contributed by atoms with Gasteiger partial charge in [-0.1, -0.05) is 12.1 Å². The van der Waals surface area contributed by atoms with E-state index in [0.717, 1.165) is 17.7 Å². The Bertz CT molecular complexity index is 440. The first-order chi connectivity index (χ1) is 9.65. The van der Waals surface area contributed by atoms with Crippen LogP contribution in [0.25, 0.3) is 0 Å². The average Bonchev–Trinajstić information content (AvgIpc) is 3.30. The second kappa shape index (κ2) is 6.75. The number of nitrogens with zero attached hydrogens (tertiary/aromatic N) is 1. The number of ether oxygens (including phenoxy) is 1. The Hall–Kier alpha value is -1.55. The fraction of sp³-hybridized carbons (Fsp3) is 0.562. The monoisotopic (exact) mass is 276 g/mol. The summed E-state index contributed by atoms with van der Waals surface area (Å²) in [5, 5.41) is 0. The first-order valence-electron chi connectivity index (χ1n) is 7.24. The van der Waals surface area contributed by atoms with E-state index in [4.69, 9.17) is 10.5 Å². The zero-order valence-corrected chi connectivity index (χ0v) is 12.3. The molecule has 110 valence electrons. The van der Waals surface area contributed by atoms with Gasteiger partial charge in [0.25, 0.3) is 0 Å². The fourth-order valence-electron chi connectivity index (χ4n) is 2.55. The van der Waals surface area contributed by atoms with Gasteiger partial charge in [-0.05, 0) is 42.9 Å². The largest absolute Gasteiger partial charge is 0.497 e. The lowest BCUT2D eigenvalue weighted by Gasteiger charge is -2.27. The molecule has 0 aromatic heterocycles. The number of likely N-dealkylation sites (N-methyl/N-ethyl adjacent to an activating group) is 1. The molecule has 1 unspecified atom stereocenters. The number of methoxy groups -OCH3 is 1. The van der Waals surface area contributed by atoms with Crippen molar-refractivity contribution in [3.63, 3.8) is 0 Å². The number of hydrogen-bond acceptors (Lipinski definition) is 3. The molecule has 0 bridgehead atoms. The Balaban J connectivity index is 1.84. The molecule has 4 nitrogen and oxygen atoms in total. The van der Waals surface area contributed by atoms with Crippen molar-refractivity contribution in [3.8, 4) is 5.75 Å². The molecular formula is C16H24N2O2. The van der Waals surface area contributed by atoms with Crippen molar-refractivity contribution in [2.45, 2.75) is 31.7 Å². The smallest absolute Gasteiger partial charge is 0.222 e. The molecule has 1 aromatic carbocycles. The van der Waals surface area contributed by atoms with Gasteiger partial charge in [0.1, 0.15) is 5.75 Å². The number of carbonyl (C=O) groups excluding carboxylic acids is 1. The molecule has 4 heteroatoms. The Kier molecular flexibility index (Phi) is 5.01. The van der Waals surface area contributed by atoms with Crippen molar-refractivity contribution in [3.05, 3.63) is 29.8 Å². The number of hydrogen-bond donors (Lipinski definition) is 1. The van der Waals surface area contributed by atoms with Crippen LogP contribution in [0, 0.1) is 5.92 Å². The van der Waals surface area contributed by atoms with E-state index in [9.17, 15) is 4.79 Å². The van der Waals surface area contributed by atoms with E-state index >= 15 is 0 Å². The highest BCUT2D eigenvalue weighted by Gasteiger charge is 2.34. The van der Waals surface area contributed by atoms with Crippen LogP contribution in [0.5, 0.6) is 5.75 Å². The minimum Gasteiger partial charge on any atom is -0.497 e. The van der Waals surface area contributed by atoms with Gasteiger partial charge in [0.05, 0.1) is 7.11 Å². The maximum atomic E-state index is 12.2. The third kappa shape index (κ3) is 3.73. The molecule has 0 radical (unpaired) electrons. The molecular weight excluding hydrogens is 252 g/mol. The maximum Gasteiger partial charge on any atom is 0.222 e. The SMILES string of the molecule is COc1ccc(CCC(=O)N(C)C(CN)C2CC2)cc1. The zero-order valence-electron chi connectivity index (χ0n) is 12.3. The Labute approximate surface area is 120 Å². The number of aryl methyl sites for hydroxylation is 1. The molecule has 1 saturated carbocycles. The van der Waals surface area contributed by atoms with E-state index in [1.165, 1.54) is 12.8 Å². The minimum absolute atomic E-state index is 0.183. The predicted octanol–water partition coefficient (Wildman–Crippen LogP) is 1.82. The summed E-state index contributed by atoms with van der Waals surface area (Å²) in [4.78, 5) is 14.1. The lowest BCUT2D eigenvalue weighted by molar-refractivity contribution is -0.132. The van der Waals surface area contributed by atoms with Crippen molar-refractivity contribution in [2.75, 3.05) is 20.7 Å². The van der Waals surface area contributed by atoms with E-state index in [1.807, 2.05) is 36.2 Å². The number of rotatable bonds is 7. The summed E-state index contributed by atoms with van der Waals surface area (Å²) in [6.07, 6.45) is 3.71. The molecule has 20 heavy (non-hydrogen) atoms. The molecule has 1 aliphatic carbocycles. The molecule has 2 rings (SSSR count). The second-order valence-electron chi connectivity index (χ2n) is 5.49. The highest BCUT2D eigenvalue weighted by atomic mass is 16.5. The summed E-state index contributed by atoms with van der Waals surface area (Å²) in [7, 11) is 3.53. The maximum absolute atomic E-state index is 12.2. The quantitative estimate of drug-likeness (QED) is 0.826. The summed E-state index contributed by atoms with van der Waals surface area (Å²) < 4.78 is 5.12. The third-order valence-electron chi connectivity index (χ3n) is 4.09. The standard InChI is InChI=1S/C16H24N2O2/c1-18(15(11-17)13-6-7-13)16(19)10-5-12-3-8-14(20-2)9-4-12/h3-4,8-9,13,15H,5-7,10-11,17H2,1-2H3. The lowest BCUT2D eigenvalue weighted by Crippen LogP contribution is -2.43. The number of nitrogens with two attached hydrogens (primary N) is 1. The second-order valence-corrected chi connectivity index (χ2v) is 5.49. The van der Waals surface area contributed by atoms with E-state index < -0.39 is 0 Å². The van der Waals surface area contributed by atoms with Gasteiger partial charge in [-0.3, -0.25) is 4.79 Å². The van der Waals surface area contributed by atoms with Crippen molar-refractivity contribution in [2.24, 2.45) is 11.7 Å². The predicted molar refractivity (Wildman–Crippen MR) is 79.7 cm³/mol. The summed E-state index contributed by atoms with van der Waals surface area (Å²) in [5.41, 5.74) is 6.94. The molecule has 1 aromatic rings. The van der Waals surface area contributed by atoms with Gasteiger partial charge in [0.2, 0.25) is 5.91 Å². The molecule has 1 aliphatic rings. The Morgan fingerprint density at radius 1 is 1.40 bits per heavy atom. The summed E-state index contributed by atoms with van der Waals surface area (Å²) in [6.45, 7) is 0.565. The van der Waals surface area contributed by atoms with Gasteiger partial charge in [-0.2, -0.15) is 0 Å². The van der Waals surface area contributed by atoms with E-state index in [-0.39, 0.29) is 11.9 Å². The van der Waals surface area contributed by atoms with E-state index in [1.54, 1.807) is 7.11 Å². The first-order valence-corrected chi connectivity index (χ1v) is 7.24. The molecule has 0 heterocycles. The van der Waals surface area contributed by atoms with Gasteiger partial charge in [0, 0.05) is 26.1 Å². The molecule has 1 atom stereocenters. The number of carbonyl (C=O) groups is 1. The van der Waals surface area contributed by atoms with Crippen LogP contribution in [0.15, 0.2) is 24.3 Å². The highest BCUT2D eigenvalue weighted by Crippen LogP contribution is 2.34. The topological polar surface area (TPSA) is 55.6 Å². The lowest BCUT2D eigenvalue weighted by atomic mass is 10.1. The van der Waals surface area contributed by atoms with Crippen molar-refractivity contribution < 1.29 is 9.53 Å². The minimum atomic E-state index is 0.183. The number of benzene rings is 1. The van der Waals surface area contributed by atoms with E-state index in [0.29, 0.717) is 18.9 Å². The Morgan fingerprint density at radius 2 is 2.05 bits per heavy atom. The van der Waals surface area contributed by atoms with Crippen LogP contribution < -0.4 is 10.5 Å². The van der Waals surface area contributed by atoms with Gasteiger partial charge in [-0.25, -0.2) is 0 Å². The van der Waals surface area contributed by atoms with Gasteiger partial charge in [-0.15, -0.1) is 0 Å². The van der Waals surface area contributed by atoms with Gasteiger partial charge < -0.3 is 15.4 Å². The van der Waals surface area contributed by atoms with Crippen LogP contribution >= 0.6 is 0 Å². The van der Waals surface area contributed by atoms with Crippen molar-refractivity contribution >= 4 is 5.91 Å². The first kappa shape index (κ1) is 14.9. The molecule has 1 amide bonds. The summed E-state index contributed by atoms with van der Waals surface area (Å²) in [5.74, 6) is 1.65. The van der Waals surface area contributed by atoms with Gasteiger partial charge >= 0.3 is 0 Å². The molecule has 0 spiro atoms. The summed E-state index contributed by atoms with van der Waals surface area (Å²) in [6, 6.07) is 8.09. The van der Waals surface area contributed by atoms with Crippen LogP contribution in [-0.4, -0.2) is 37.6 Å². The van der Waals surface area contributed by atoms with Crippen LogP contribution in [0.3, 0.4) is 0 Å². The van der Waals surface area contributed by atoms with Crippen molar-refractivity contribution in [1.29, 1.82) is 0 Å². The molecule has 2 N–H and O–H groups in total. The highest BCUT2D eigenvalue weighted by molar-refractivity contribution is 5.76. The van der Waals surface area contributed by atoms with E-state index in [2.05, 4.69) is 0 Å². The number of amides is 1. The zero-order chi connectivity index (χ0) is 14.5. The normalized spacial score (nSPS) is 15.8.